The van der Waals surface area contributed by atoms with Crippen LogP contribution in [0.4, 0.5) is 10.6 Å². The van der Waals surface area contributed by atoms with Gasteiger partial charge in [0.2, 0.25) is 5.91 Å². The first-order valence-electron chi connectivity index (χ1n) is 12.8. The molecule has 2 aliphatic rings. The van der Waals surface area contributed by atoms with E-state index in [9.17, 15) is 9.59 Å². The molecule has 36 heavy (non-hydrogen) atoms. The van der Waals surface area contributed by atoms with Crippen LogP contribution in [0.25, 0.3) is 22.5 Å². The number of aromatic nitrogens is 2. The number of hydrogen-bond donors (Lipinski definition) is 1. The summed E-state index contributed by atoms with van der Waals surface area (Å²) in [6.45, 7) is 6.10. The number of aryl methyl sites for hydroxylation is 3. The highest BCUT2D eigenvalue weighted by Gasteiger charge is 2.30. The summed E-state index contributed by atoms with van der Waals surface area (Å²) in [5.41, 5.74) is 7.58. The number of imide groups is 1. The smallest absolute Gasteiger partial charge is 0.286 e. The number of hydrogen-bond acceptors (Lipinski definition) is 6. The molecule has 0 saturated carbocycles. The van der Waals surface area contributed by atoms with Crippen molar-refractivity contribution < 1.29 is 9.59 Å². The largest absolute Gasteiger partial charge is 0.355 e. The molecule has 2 amide bonds. The van der Waals surface area contributed by atoms with Crippen molar-refractivity contribution in [2.75, 3.05) is 18.0 Å². The lowest BCUT2D eigenvalue weighted by atomic mass is 10.0. The van der Waals surface area contributed by atoms with Crippen LogP contribution in [0.2, 0.25) is 0 Å². The van der Waals surface area contributed by atoms with Crippen LogP contribution in [0.15, 0.2) is 48.5 Å². The number of nitrogens with zero attached hydrogens (tertiary/aromatic N) is 3. The van der Waals surface area contributed by atoms with Gasteiger partial charge in [-0.05, 0) is 39.5 Å². The molecule has 1 atom stereocenters. The van der Waals surface area contributed by atoms with E-state index in [1.54, 1.807) is 0 Å². The molecule has 186 valence electrons. The van der Waals surface area contributed by atoms with Gasteiger partial charge in [0.15, 0.2) is 5.82 Å². The van der Waals surface area contributed by atoms with Crippen LogP contribution in [-0.2, 0) is 11.2 Å². The second-order valence-electron chi connectivity index (χ2n) is 9.75. The first-order chi connectivity index (χ1) is 17.5. The Balaban J connectivity index is 1.35. The van der Waals surface area contributed by atoms with E-state index in [2.05, 4.69) is 72.6 Å². The van der Waals surface area contributed by atoms with E-state index in [4.69, 9.17) is 9.97 Å². The van der Waals surface area contributed by atoms with Crippen molar-refractivity contribution in [2.45, 2.75) is 57.6 Å². The van der Waals surface area contributed by atoms with Gasteiger partial charge in [0.05, 0.1) is 22.3 Å². The molecule has 2 aromatic carbocycles. The van der Waals surface area contributed by atoms with E-state index in [0.29, 0.717) is 0 Å². The molecule has 6 nitrogen and oxygen atoms in total. The lowest BCUT2D eigenvalue weighted by Gasteiger charge is -2.30. The molecular weight excluding hydrogens is 468 g/mol. The number of anilines is 1. The number of rotatable bonds is 8. The molecule has 0 spiro atoms. The molecule has 3 aromatic rings. The SMILES string of the molecule is Cc1ccc(-c2nc3c(nc2-c2ccc(C)cc2)N(CCCCC[C@H]2SC(=O)NC2=O)CCC3)cc1. The first kappa shape index (κ1) is 24.5. The molecule has 1 N–H and O–H groups in total. The number of carbonyl (C=O) groups is 2. The van der Waals surface area contributed by atoms with Gasteiger partial charge in [0.25, 0.3) is 5.24 Å². The fourth-order valence-corrected chi connectivity index (χ4v) is 5.73. The average molecular weight is 501 g/mol. The summed E-state index contributed by atoms with van der Waals surface area (Å²) in [6.07, 6.45) is 5.73. The quantitative estimate of drug-likeness (QED) is 0.377. The first-order valence-corrected chi connectivity index (χ1v) is 13.7. The van der Waals surface area contributed by atoms with Crippen molar-refractivity contribution in [3.63, 3.8) is 0 Å². The van der Waals surface area contributed by atoms with Gasteiger partial charge in [-0.1, -0.05) is 84.3 Å². The number of fused-ring (bicyclic) bond motifs is 1. The predicted octanol–water partition coefficient (Wildman–Crippen LogP) is 6.09. The molecule has 0 aliphatic carbocycles. The molecule has 1 fully saturated rings. The Morgan fingerprint density at radius 2 is 1.53 bits per heavy atom. The molecule has 0 unspecified atom stereocenters. The van der Waals surface area contributed by atoms with Gasteiger partial charge in [0, 0.05) is 24.2 Å². The average Bonchev–Trinajstić information content (AvgIpc) is 3.20. The van der Waals surface area contributed by atoms with Gasteiger partial charge in [-0.25, -0.2) is 9.97 Å². The fraction of sp³-hybridized carbons (Fsp3) is 0.379. The van der Waals surface area contributed by atoms with Crippen LogP contribution in [0.3, 0.4) is 0 Å². The zero-order valence-corrected chi connectivity index (χ0v) is 21.7. The zero-order valence-electron chi connectivity index (χ0n) is 20.9. The van der Waals surface area contributed by atoms with Crippen molar-refractivity contribution in [3.8, 4) is 22.5 Å². The maximum Gasteiger partial charge on any atom is 0.286 e. The monoisotopic (exact) mass is 500 g/mol. The molecule has 3 heterocycles. The Kier molecular flexibility index (Phi) is 7.37. The molecule has 1 saturated heterocycles. The second kappa shape index (κ2) is 10.8. The van der Waals surface area contributed by atoms with Gasteiger partial charge in [-0.3, -0.25) is 14.9 Å². The number of carbonyl (C=O) groups excluding carboxylic acids is 2. The van der Waals surface area contributed by atoms with Crippen molar-refractivity contribution >= 4 is 28.7 Å². The normalized spacial score (nSPS) is 17.3. The van der Waals surface area contributed by atoms with Crippen LogP contribution in [0.5, 0.6) is 0 Å². The highest BCUT2D eigenvalue weighted by atomic mass is 32.2. The summed E-state index contributed by atoms with van der Waals surface area (Å²) >= 11 is 1.12. The van der Waals surface area contributed by atoms with Gasteiger partial charge >= 0.3 is 0 Å². The van der Waals surface area contributed by atoms with Crippen LogP contribution in [0.1, 0.15) is 48.9 Å². The highest BCUT2D eigenvalue weighted by Crippen LogP contribution is 2.35. The maximum absolute atomic E-state index is 11.8. The second-order valence-corrected chi connectivity index (χ2v) is 10.9. The Morgan fingerprint density at radius 1 is 0.889 bits per heavy atom. The van der Waals surface area contributed by atoms with Gasteiger partial charge in [-0.2, -0.15) is 0 Å². The third kappa shape index (κ3) is 5.46. The van der Waals surface area contributed by atoms with Gasteiger partial charge in [-0.15, -0.1) is 0 Å². The number of unbranched alkanes of at least 4 members (excludes halogenated alkanes) is 2. The molecule has 1 aromatic heterocycles. The molecule has 7 heteroatoms. The third-order valence-corrected chi connectivity index (χ3v) is 7.95. The molecule has 2 aliphatic heterocycles. The van der Waals surface area contributed by atoms with E-state index >= 15 is 0 Å². The summed E-state index contributed by atoms with van der Waals surface area (Å²) < 4.78 is 0. The predicted molar refractivity (Wildman–Crippen MR) is 146 cm³/mol. The van der Waals surface area contributed by atoms with E-state index in [-0.39, 0.29) is 16.4 Å². The minimum absolute atomic E-state index is 0.141. The number of benzene rings is 2. The Bertz CT molecular complexity index is 1260. The molecule has 0 bridgehead atoms. The third-order valence-electron chi connectivity index (χ3n) is 6.90. The number of thioether (sulfide) groups is 1. The van der Waals surface area contributed by atoms with Crippen molar-refractivity contribution in [3.05, 3.63) is 65.4 Å². The van der Waals surface area contributed by atoms with Crippen LogP contribution in [0, 0.1) is 13.8 Å². The summed E-state index contributed by atoms with van der Waals surface area (Å²) in [7, 11) is 0. The lowest BCUT2D eigenvalue weighted by molar-refractivity contribution is -0.119. The summed E-state index contributed by atoms with van der Waals surface area (Å²) in [6, 6.07) is 17.1. The van der Waals surface area contributed by atoms with Crippen LogP contribution >= 0.6 is 11.8 Å². The van der Waals surface area contributed by atoms with E-state index < -0.39 is 0 Å². The minimum atomic E-state index is -0.226. The Hall–Kier alpha value is -3.19. The summed E-state index contributed by atoms with van der Waals surface area (Å²) in [5.74, 6) is 0.863. The highest BCUT2D eigenvalue weighted by molar-refractivity contribution is 8.15. The van der Waals surface area contributed by atoms with Gasteiger partial charge in [0.1, 0.15) is 0 Å². The topological polar surface area (TPSA) is 75.2 Å². The van der Waals surface area contributed by atoms with Crippen molar-refractivity contribution in [1.29, 1.82) is 0 Å². The Labute approximate surface area is 216 Å². The fourth-order valence-electron chi connectivity index (χ4n) is 4.86. The molecule has 0 radical (unpaired) electrons. The van der Waals surface area contributed by atoms with E-state index in [1.165, 1.54) is 11.1 Å². The lowest BCUT2D eigenvalue weighted by Crippen LogP contribution is -2.32. The zero-order chi connectivity index (χ0) is 25.1. The minimum Gasteiger partial charge on any atom is -0.355 e. The Morgan fingerprint density at radius 3 is 2.14 bits per heavy atom. The van der Waals surface area contributed by atoms with Crippen LogP contribution < -0.4 is 10.2 Å². The number of nitrogens with one attached hydrogen (secondary N) is 1. The summed E-state index contributed by atoms with van der Waals surface area (Å²) in [4.78, 5) is 35.9. The van der Waals surface area contributed by atoms with Crippen molar-refractivity contribution in [1.82, 2.24) is 15.3 Å². The summed E-state index contributed by atoms with van der Waals surface area (Å²) in [5, 5.41) is 1.93. The van der Waals surface area contributed by atoms with E-state index in [0.717, 1.165) is 97.4 Å². The van der Waals surface area contributed by atoms with Gasteiger partial charge < -0.3 is 4.90 Å². The standard InChI is InChI=1S/C29H32N4O2S/c1-19-9-13-21(14-10-19)25-26(22-15-11-20(2)12-16-22)31-27-23(30-25)7-6-18-33(27)17-5-3-4-8-24-28(34)32-29(35)36-24/h9-16,24H,3-8,17-18H2,1-2H3,(H,32,34,35)/t24-/m1/s1. The van der Waals surface area contributed by atoms with Crippen molar-refractivity contribution in [2.24, 2.45) is 0 Å². The number of amides is 2. The molecular formula is C29H32N4O2S. The van der Waals surface area contributed by atoms with E-state index in [1.807, 2.05) is 0 Å². The maximum atomic E-state index is 11.8. The molecule has 5 rings (SSSR count). The van der Waals surface area contributed by atoms with Crippen LogP contribution in [-0.4, -0.2) is 39.5 Å².